The summed E-state index contributed by atoms with van der Waals surface area (Å²) in [5, 5.41) is 59.1. The first-order valence-corrected chi connectivity index (χ1v) is 15.4. The Morgan fingerprint density at radius 2 is 0.863 bits per heavy atom. The van der Waals surface area contributed by atoms with Crippen LogP contribution in [0.2, 0.25) is 0 Å². The molecule has 0 spiro atoms. The quantitative estimate of drug-likeness (QED) is 0.0321. The third-order valence-electron chi connectivity index (χ3n) is 7.20. The third-order valence-corrected chi connectivity index (χ3v) is 7.20. The molecular weight excluding hydrogens is 662 g/mol. The summed E-state index contributed by atoms with van der Waals surface area (Å²) in [5.41, 5.74) is 7.89. The minimum Gasteiger partial charge on any atom is -0.324 e. The predicted molar refractivity (Wildman–Crippen MR) is 184 cm³/mol. The van der Waals surface area contributed by atoms with Gasteiger partial charge in [-0.25, -0.2) is 19.6 Å². The highest BCUT2D eigenvalue weighted by molar-refractivity contribution is 5.63. The van der Waals surface area contributed by atoms with Crippen molar-refractivity contribution in [3.63, 3.8) is 0 Å². The minimum absolute atomic E-state index is 0.0559. The minimum atomic E-state index is -0.0559. The van der Waals surface area contributed by atoms with E-state index in [0.29, 0.717) is 62.7 Å². The van der Waals surface area contributed by atoms with Gasteiger partial charge in [0.25, 0.3) is 0 Å². The number of anilines is 4. The van der Waals surface area contributed by atoms with E-state index in [1.165, 1.54) is 0 Å². The van der Waals surface area contributed by atoms with Gasteiger partial charge in [-0.05, 0) is 115 Å². The lowest BCUT2D eigenvalue weighted by atomic mass is 10.1. The number of nitrogens with zero attached hydrogens (tertiary/aromatic N) is 7. The highest BCUT2D eigenvalue weighted by Gasteiger charge is 2.09. The molecule has 0 aliphatic carbocycles. The normalized spacial score (nSPS) is 11.5. The lowest BCUT2D eigenvalue weighted by Crippen LogP contribution is -2.05. The van der Waals surface area contributed by atoms with Crippen LogP contribution < -0.4 is 10.6 Å². The van der Waals surface area contributed by atoms with Crippen molar-refractivity contribution in [3.8, 4) is 0 Å². The smallest absolute Gasteiger partial charge is 0.232 e. The maximum atomic E-state index is 8.83. The van der Waals surface area contributed by atoms with Crippen LogP contribution in [0.3, 0.4) is 0 Å². The fourth-order valence-electron chi connectivity index (χ4n) is 5.00. The fourth-order valence-corrected chi connectivity index (χ4v) is 5.00. The Bertz CT molecular complexity index is 1840. The number of rotatable bonds is 16. The van der Waals surface area contributed by atoms with Crippen LogP contribution in [0, 0.1) is 20.8 Å². The first-order valence-electron chi connectivity index (χ1n) is 15.4. The molecule has 0 bridgehead atoms. The molecule has 5 aromatic rings. The van der Waals surface area contributed by atoms with Gasteiger partial charge in [-0.1, -0.05) is 12.1 Å². The second kappa shape index (κ2) is 17.9. The number of hydrogen-bond acceptors (Lipinski definition) is 17. The molecule has 17 heteroatoms. The molecule has 51 heavy (non-hydrogen) atoms. The van der Waals surface area contributed by atoms with Crippen molar-refractivity contribution in [1.29, 1.82) is 0 Å². The summed E-state index contributed by atoms with van der Waals surface area (Å²) in [6, 6.07) is 21.2. The van der Waals surface area contributed by atoms with Crippen LogP contribution in [-0.2, 0) is 46.0 Å². The molecule has 0 amide bonds. The maximum absolute atomic E-state index is 8.83. The molecule has 0 fully saturated rings. The van der Waals surface area contributed by atoms with Gasteiger partial charge in [-0.2, -0.15) is 35.4 Å². The zero-order valence-electron chi connectivity index (χ0n) is 27.8. The largest absolute Gasteiger partial charge is 0.324 e. The van der Waals surface area contributed by atoms with E-state index in [2.05, 4.69) is 65.6 Å². The van der Waals surface area contributed by atoms with Gasteiger partial charge in [0, 0.05) is 11.4 Å². The molecule has 5 rings (SSSR count). The molecule has 0 atom stereocenters. The highest BCUT2D eigenvalue weighted by Crippen LogP contribution is 2.29. The van der Waals surface area contributed by atoms with Crippen LogP contribution in [0.4, 0.5) is 46.0 Å². The summed E-state index contributed by atoms with van der Waals surface area (Å²) in [6.07, 6.45) is 0. The predicted octanol–water partition coefficient (Wildman–Crippen LogP) is 9.07. The molecule has 6 N–H and O–H groups in total. The summed E-state index contributed by atoms with van der Waals surface area (Å²) < 4.78 is 0. The van der Waals surface area contributed by atoms with Gasteiger partial charge in [0.2, 0.25) is 11.9 Å². The number of nitrogens with one attached hydrogen (secondary N) is 2. The van der Waals surface area contributed by atoms with Crippen LogP contribution in [0.1, 0.15) is 39.2 Å². The van der Waals surface area contributed by atoms with E-state index in [4.69, 9.17) is 21.0 Å². The van der Waals surface area contributed by atoms with Gasteiger partial charge in [-0.3, -0.25) is 21.0 Å². The van der Waals surface area contributed by atoms with Crippen LogP contribution in [0.25, 0.3) is 0 Å². The molecule has 0 unspecified atom stereocenters. The van der Waals surface area contributed by atoms with Crippen molar-refractivity contribution in [1.82, 2.24) is 15.0 Å². The Labute approximate surface area is 291 Å². The van der Waals surface area contributed by atoms with Crippen molar-refractivity contribution in [2.45, 2.75) is 47.2 Å². The Balaban J connectivity index is 1.26. The van der Waals surface area contributed by atoms with Crippen molar-refractivity contribution in [3.05, 3.63) is 112 Å². The van der Waals surface area contributed by atoms with Crippen molar-refractivity contribution in [2.24, 2.45) is 20.5 Å². The van der Waals surface area contributed by atoms with Crippen molar-refractivity contribution < 1.29 is 40.6 Å². The highest BCUT2D eigenvalue weighted by atomic mass is 17.1. The molecule has 0 saturated carbocycles. The van der Waals surface area contributed by atoms with Crippen LogP contribution >= 0.6 is 0 Å². The third kappa shape index (κ3) is 10.7. The maximum Gasteiger partial charge on any atom is 0.232 e. The van der Waals surface area contributed by atoms with E-state index < -0.39 is 0 Å². The number of hydrogen-bond donors (Lipinski definition) is 6. The molecule has 0 aliphatic rings. The molecule has 0 aliphatic heterocycles. The summed E-state index contributed by atoms with van der Waals surface area (Å²) in [6.45, 7) is 5.33. The Kier molecular flexibility index (Phi) is 12.8. The summed E-state index contributed by atoms with van der Waals surface area (Å²) in [4.78, 5) is 30.3. The summed E-state index contributed by atoms with van der Waals surface area (Å²) in [7, 11) is 0. The van der Waals surface area contributed by atoms with Gasteiger partial charge in [0.15, 0.2) is 0 Å². The van der Waals surface area contributed by atoms with Gasteiger partial charge >= 0.3 is 0 Å². The lowest BCUT2D eigenvalue weighted by molar-refractivity contribution is -0.254. The van der Waals surface area contributed by atoms with Crippen LogP contribution in [0.5, 0.6) is 0 Å². The van der Waals surface area contributed by atoms with Gasteiger partial charge in [-0.15, -0.1) is 0 Å². The molecule has 1 aromatic heterocycles. The number of aromatic nitrogens is 3. The van der Waals surface area contributed by atoms with Gasteiger partial charge in [0.1, 0.15) is 32.3 Å². The first kappa shape index (κ1) is 36.6. The molecule has 0 radical (unpaired) electrons. The Hall–Kier alpha value is -5.63. The van der Waals surface area contributed by atoms with Crippen LogP contribution in [-0.4, -0.2) is 36.0 Å². The van der Waals surface area contributed by atoms with Gasteiger partial charge < -0.3 is 10.6 Å². The van der Waals surface area contributed by atoms with E-state index >= 15 is 0 Å². The average molecular weight is 698 g/mol. The van der Waals surface area contributed by atoms with Crippen molar-refractivity contribution in [2.75, 3.05) is 10.6 Å². The molecule has 4 aromatic carbocycles. The molecule has 0 saturated heterocycles. The topological polar surface area (TPSA) is 230 Å². The fraction of sp³-hybridized carbons (Fsp3) is 0.206. The molecule has 17 nitrogen and oxygen atoms in total. The van der Waals surface area contributed by atoms with E-state index in [1.807, 2.05) is 38.1 Å². The average Bonchev–Trinajstić information content (AvgIpc) is 3.08. The number of aryl methyl sites for hydroxylation is 3. The second-order valence-electron chi connectivity index (χ2n) is 11.3. The monoisotopic (exact) mass is 697 g/mol. The van der Waals surface area contributed by atoms with E-state index in [0.717, 1.165) is 22.5 Å². The van der Waals surface area contributed by atoms with E-state index in [1.54, 1.807) is 55.5 Å². The van der Waals surface area contributed by atoms with Crippen molar-refractivity contribution >= 4 is 46.0 Å². The molecular formula is C34H35N9O8. The lowest BCUT2D eigenvalue weighted by Gasteiger charge is -2.11. The molecule has 264 valence electrons. The second-order valence-corrected chi connectivity index (χ2v) is 11.3. The first-order chi connectivity index (χ1) is 24.7. The zero-order chi connectivity index (χ0) is 36.2. The zero-order valence-corrected chi connectivity index (χ0v) is 27.8. The SMILES string of the molecule is Cc1nc(Nc2ccc(N=Nc3cc(COO)cc(COO)c3)c(C)c2)nc(Nc2ccc(N=Nc3cc(COO)cc(COO)c3)c(C)c2)n1. The van der Waals surface area contributed by atoms with Gasteiger partial charge in [0.05, 0.1) is 22.7 Å². The summed E-state index contributed by atoms with van der Waals surface area (Å²) >= 11 is 0. The van der Waals surface area contributed by atoms with E-state index in [9.17, 15) is 0 Å². The number of azo groups is 2. The van der Waals surface area contributed by atoms with E-state index in [-0.39, 0.29) is 26.4 Å². The Morgan fingerprint density at radius 1 is 0.490 bits per heavy atom. The van der Waals surface area contributed by atoms with Crippen LogP contribution in [0.15, 0.2) is 93.3 Å². The standard InChI is InChI=1S/C34H35N9O8/c1-20-8-27(4-6-31(20)42-40-29-12-23(16-48-44)10-24(13-29)17-49-45)37-33-35-22(3)36-34(39-33)38-28-5-7-32(21(2)9-28)43-41-30-14-25(18-50-46)11-26(15-30)19-51-47/h4-15,44-47H,16-19H2,1-3H3,(H2,35,36,37,38,39). The molecule has 1 heterocycles. The Morgan fingerprint density at radius 3 is 1.20 bits per heavy atom. The number of benzene rings is 4. The summed E-state index contributed by atoms with van der Waals surface area (Å²) in [5.74, 6) is 1.17.